The van der Waals surface area contributed by atoms with Crippen LogP contribution in [0.1, 0.15) is 20.8 Å². The minimum Gasteiger partial charge on any atom is -0.372 e. The number of carbonyl (C=O) groups excluding carboxylic acids is 1. The molecule has 1 rings (SSSR count). The summed E-state index contributed by atoms with van der Waals surface area (Å²) in [4.78, 5) is 15.7. The van der Waals surface area contributed by atoms with E-state index in [-0.39, 0.29) is 5.91 Å². The second-order valence-electron chi connectivity index (χ2n) is 4.33. The van der Waals surface area contributed by atoms with Crippen LogP contribution in [0.5, 0.6) is 0 Å². The van der Waals surface area contributed by atoms with Gasteiger partial charge in [0, 0.05) is 37.1 Å². The Labute approximate surface area is 110 Å². The van der Waals surface area contributed by atoms with E-state index in [1.54, 1.807) is 18.9 Å². The Balaban J connectivity index is 2.89. The number of benzene rings is 1. The van der Waals surface area contributed by atoms with Crippen molar-refractivity contribution in [2.45, 2.75) is 20.8 Å². The number of amides is 1. The van der Waals surface area contributed by atoms with Gasteiger partial charge in [-0.3, -0.25) is 4.79 Å². The summed E-state index contributed by atoms with van der Waals surface area (Å²) in [5.74, 6) is -0.0504. The Bertz CT molecular complexity index is 419. The summed E-state index contributed by atoms with van der Waals surface area (Å²) in [6.07, 6.45) is 0. The summed E-state index contributed by atoms with van der Waals surface area (Å²) >= 11 is 0. The van der Waals surface area contributed by atoms with Gasteiger partial charge in [-0.2, -0.15) is 0 Å². The molecule has 0 heterocycles. The number of hydrogen-bond donors (Lipinski definition) is 0. The first-order chi connectivity index (χ1) is 8.51. The number of nitrogens with zero attached hydrogens (tertiary/aromatic N) is 2. The molecule has 0 radical (unpaired) electrons. The Morgan fingerprint density at radius 1 is 1.11 bits per heavy atom. The molecule has 0 fully saturated rings. The van der Waals surface area contributed by atoms with Gasteiger partial charge in [0.05, 0.1) is 0 Å². The predicted molar refractivity (Wildman–Crippen MR) is 78.2 cm³/mol. The Hall–Kier alpha value is -1.77. The minimum absolute atomic E-state index is 0.0504. The average Bonchev–Trinajstić information content (AvgIpc) is 2.39. The van der Waals surface area contributed by atoms with Crippen molar-refractivity contribution >= 4 is 17.3 Å². The third-order valence-electron chi connectivity index (χ3n) is 3.04. The molecule has 3 nitrogen and oxygen atoms in total. The van der Waals surface area contributed by atoms with E-state index in [1.807, 2.05) is 24.3 Å². The van der Waals surface area contributed by atoms with Gasteiger partial charge in [0.1, 0.15) is 0 Å². The molecule has 18 heavy (non-hydrogen) atoms. The number of anilines is 2. The van der Waals surface area contributed by atoms with Crippen molar-refractivity contribution in [2.24, 2.45) is 0 Å². The van der Waals surface area contributed by atoms with Crippen LogP contribution in [0.25, 0.3) is 0 Å². The second-order valence-corrected chi connectivity index (χ2v) is 4.33. The summed E-state index contributed by atoms with van der Waals surface area (Å²) in [6, 6.07) is 8.03. The van der Waals surface area contributed by atoms with Gasteiger partial charge < -0.3 is 9.80 Å². The maximum absolute atomic E-state index is 11.8. The first kappa shape index (κ1) is 14.3. The maximum Gasteiger partial charge on any atom is 0.253 e. The normalized spacial score (nSPS) is 10.0. The van der Waals surface area contributed by atoms with Gasteiger partial charge in [-0.25, -0.2) is 0 Å². The predicted octanol–water partition coefficient (Wildman–Crippen LogP) is 3.07. The lowest BCUT2D eigenvalue weighted by Crippen LogP contribution is -2.26. The van der Waals surface area contributed by atoms with E-state index in [0.29, 0.717) is 5.57 Å². The van der Waals surface area contributed by atoms with Gasteiger partial charge in [0.25, 0.3) is 5.91 Å². The van der Waals surface area contributed by atoms with Crippen molar-refractivity contribution in [1.82, 2.24) is 0 Å². The lowest BCUT2D eigenvalue weighted by molar-refractivity contribution is -0.114. The SMILES string of the molecule is C=C(C)C(=O)N(C)c1ccc(N(CC)CC)cc1. The van der Waals surface area contributed by atoms with Crippen LogP contribution in [-0.4, -0.2) is 26.0 Å². The summed E-state index contributed by atoms with van der Waals surface area (Å²) in [7, 11) is 1.77. The van der Waals surface area contributed by atoms with E-state index in [0.717, 1.165) is 18.8 Å². The molecule has 0 saturated heterocycles. The lowest BCUT2D eigenvalue weighted by Gasteiger charge is -2.23. The van der Waals surface area contributed by atoms with Gasteiger partial charge in [0.2, 0.25) is 0 Å². The molecule has 3 heteroatoms. The van der Waals surface area contributed by atoms with Crippen LogP contribution in [0.15, 0.2) is 36.4 Å². The largest absolute Gasteiger partial charge is 0.372 e. The van der Waals surface area contributed by atoms with E-state index in [2.05, 4.69) is 25.3 Å². The molecular formula is C15H22N2O. The fraction of sp³-hybridized carbons (Fsp3) is 0.400. The molecule has 1 aromatic carbocycles. The molecule has 98 valence electrons. The van der Waals surface area contributed by atoms with Gasteiger partial charge in [0.15, 0.2) is 0 Å². The second kappa shape index (κ2) is 6.24. The third-order valence-corrected chi connectivity index (χ3v) is 3.04. The summed E-state index contributed by atoms with van der Waals surface area (Å²) < 4.78 is 0. The quantitative estimate of drug-likeness (QED) is 0.745. The molecule has 0 bridgehead atoms. The van der Waals surface area contributed by atoms with E-state index in [9.17, 15) is 4.79 Å². The molecule has 0 atom stereocenters. The van der Waals surface area contributed by atoms with Crippen LogP contribution in [-0.2, 0) is 4.79 Å². The standard InChI is InChI=1S/C15H22N2O/c1-6-17(7-2)14-10-8-13(9-11-14)16(5)15(18)12(3)4/h8-11H,3,6-7H2,1-2,4-5H3. The van der Waals surface area contributed by atoms with Gasteiger partial charge in [-0.15, -0.1) is 0 Å². The number of hydrogen-bond acceptors (Lipinski definition) is 2. The van der Waals surface area contributed by atoms with Crippen LogP contribution in [0.4, 0.5) is 11.4 Å². The fourth-order valence-corrected chi connectivity index (χ4v) is 1.88. The fourth-order valence-electron chi connectivity index (χ4n) is 1.88. The first-order valence-corrected chi connectivity index (χ1v) is 6.29. The summed E-state index contributed by atoms with van der Waals surface area (Å²) in [5, 5.41) is 0. The van der Waals surface area contributed by atoms with E-state index in [1.165, 1.54) is 5.69 Å². The van der Waals surface area contributed by atoms with E-state index in [4.69, 9.17) is 0 Å². The average molecular weight is 246 g/mol. The van der Waals surface area contributed by atoms with Crippen molar-refractivity contribution in [1.29, 1.82) is 0 Å². The van der Waals surface area contributed by atoms with Crippen LogP contribution in [0, 0.1) is 0 Å². The summed E-state index contributed by atoms with van der Waals surface area (Å²) in [6.45, 7) is 11.6. The maximum atomic E-state index is 11.8. The highest BCUT2D eigenvalue weighted by atomic mass is 16.2. The van der Waals surface area contributed by atoms with Crippen LogP contribution in [0.2, 0.25) is 0 Å². The number of rotatable bonds is 5. The highest BCUT2D eigenvalue weighted by Crippen LogP contribution is 2.20. The molecular weight excluding hydrogens is 224 g/mol. The zero-order chi connectivity index (χ0) is 13.7. The van der Waals surface area contributed by atoms with Crippen molar-refractivity contribution in [2.75, 3.05) is 29.9 Å². The Kier molecular flexibility index (Phi) is 4.95. The highest BCUT2D eigenvalue weighted by Gasteiger charge is 2.11. The van der Waals surface area contributed by atoms with Gasteiger partial charge >= 0.3 is 0 Å². The molecule has 1 aromatic rings. The van der Waals surface area contributed by atoms with Gasteiger partial charge in [-0.1, -0.05) is 6.58 Å². The zero-order valence-corrected chi connectivity index (χ0v) is 11.7. The first-order valence-electron chi connectivity index (χ1n) is 6.29. The van der Waals surface area contributed by atoms with Gasteiger partial charge in [-0.05, 0) is 45.0 Å². The van der Waals surface area contributed by atoms with Crippen molar-refractivity contribution in [3.8, 4) is 0 Å². The van der Waals surface area contributed by atoms with E-state index < -0.39 is 0 Å². The molecule has 0 N–H and O–H groups in total. The van der Waals surface area contributed by atoms with Crippen LogP contribution < -0.4 is 9.80 Å². The van der Waals surface area contributed by atoms with E-state index >= 15 is 0 Å². The van der Waals surface area contributed by atoms with Crippen LogP contribution >= 0.6 is 0 Å². The third kappa shape index (κ3) is 3.13. The highest BCUT2D eigenvalue weighted by molar-refractivity contribution is 6.04. The molecule has 0 saturated carbocycles. The lowest BCUT2D eigenvalue weighted by atomic mass is 10.2. The molecule has 0 aliphatic rings. The molecule has 1 amide bonds. The number of likely N-dealkylation sites (N-methyl/N-ethyl adjacent to an activating group) is 1. The number of carbonyl (C=O) groups is 1. The van der Waals surface area contributed by atoms with Crippen molar-refractivity contribution in [3.63, 3.8) is 0 Å². The molecule has 0 unspecified atom stereocenters. The Morgan fingerprint density at radius 2 is 1.56 bits per heavy atom. The molecule has 0 aliphatic heterocycles. The Morgan fingerprint density at radius 3 is 1.94 bits per heavy atom. The topological polar surface area (TPSA) is 23.6 Å². The monoisotopic (exact) mass is 246 g/mol. The molecule has 0 aromatic heterocycles. The van der Waals surface area contributed by atoms with Crippen molar-refractivity contribution < 1.29 is 4.79 Å². The minimum atomic E-state index is -0.0504. The summed E-state index contributed by atoms with van der Waals surface area (Å²) in [5.41, 5.74) is 2.61. The molecule has 0 spiro atoms. The zero-order valence-electron chi connectivity index (χ0n) is 11.7. The van der Waals surface area contributed by atoms with Crippen molar-refractivity contribution in [3.05, 3.63) is 36.4 Å². The molecule has 0 aliphatic carbocycles. The smallest absolute Gasteiger partial charge is 0.253 e. The van der Waals surface area contributed by atoms with Crippen LogP contribution in [0.3, 0.4) is 0 Å².